The summed E-state index contributed by atoms with van der Waals surface area (Å²) in [5.74, 6) is 2.77. The second-order valence-electron chi connectivity index (χ2n) is 4.93. The molecule has 1 atom stereocenters. The Balaban J connectivity index is 1.92. The third kappa shape index (κ3) is 3.02. The van der Waals surface area contributed by atoms with Gasteiger partial charge in [-0.1, -0.05) is 19.0 Å². The predicted octanol–water partition coefficient (Wildman–Crippen LogP) is 2.07. The van der Waals surface area contributed by atoms with Crippen molar-refractivity contribution in [2.24, 2.45) is 17.6 Å². The van der Waals surface area contributed by atoms with Crippen LogP contribution in [0.3, 0.4) is 0 Å². The van der Waals surface area contributed by atoms with Crippen LogP contribution >= 0.6 is 0 Å². The molecule has 0 bridgehead atoms. The zero-order chi connectivity index (χ0) is 10.8. The SMILES string of the molecule is CC(C)CC(N)c1nc(CC2CC2)no1. The van der Waals surface area contributed by atoms with Gasteiger partial charge in [0.1, 0.15) is 0 Å². The lowest BCUT2D eigenvalue weighted by Crippen LogP contribution is -2.13. The van der Waals surface area contributed by atoms with Crippen LogP contribution in [0, 0.1) is 11.8 Å². The van der Waals surface area contributed by atoms with E-state index in [2.05, 4.69) is 24.0 Å². The van der Waals surface area contributed by atoms with Crippen LogP contribution in [0.25, 0.3) is 0 Å². The Morgan fingerprint density at radius 2 is 2.20 bits per heavy atom. The summed E-state index contributed by atoms with van der Waals surface area (Å²) in [7, 11) is 0. The summed E-state index contributed by atoms with van der Waals surface area (Å²) >= 11 is 0. The van der Waals surface area contributed by atoms with Gasteiger partial charge >= 0.3 is 0 Å². The maximum Gasteiger partial charge on any atom is 0.243 e. The van der Waals surface area contributed by atoms with Crippen LogP contribution in [0.2, 0.25) is 0 Å². The summed E-state index contributed by atoms with van der Waals surface area (Å²) in [6.07, 6.45) is 4.47. The lowest BCUT2D eigenvalue weighted by Gasteiger charge is -2.08. The quantitative estimate of drug-likeness (QED) is 0.806. The van der Waals surface area contributed by atoms with E-state index in [1.54, 1.807) is 0 Å². The molecule has 1 aromatic rings. The molecule has 0 aliphatic heterocycles. The number of nitrogens with zero attached hydrogens (tertiary/aromatic N) is 2. The lowest BCUT2D eigenvalue weighted by molar-refractivity contribution is 0.332. The van der Waals surface area contributed by atoms with Crippen LogP contribution in [-0.2, 0) is 6.42 Å². The Labute approximate surface area is 90.2 Å². The van der Waals surface area contributed by atoms with E-state index >= 15 is 0 Å². The van der Waals surface area contributed by atoms with Gasteiger partial charge in [0.05, 0.1) is 6.04 Å². The molecule has 1 heterocycles. The molecule has 0 aromatic carbocycles. The molecule has 84 valence electrons. The standard InChI is InChI=1S/C11H19N3O/c1-7(2)5-9(12)11-13-10(14-15-11)6-8-3-4-8/h7-9H,3-6,12H2,1-2H3. The van der Waals surface area contributed by atoms with Crippen LogP contribution in [0.5, 0.6) is 0 Å². The molecule has 0 spiro atoms. The summed E-state index contributed by atoms with van der Waals surface area (Å²) in [4.78, 5) is 4.34. The highest BCUT2D eigenvalue weighted by molar-refractivity contribution is 4.95. The Morgan fingerprint density at radius 3 is 2.80 bits per heavy atom. The maximum absolute atomic E-state index is 5.96. The van der Waals surface area contributed by atoms with E-state index in [1.807, 2.05) is 0 Å². The smallest absolute Gasteiger partial charge is 0.243 e. The van der Waals surface area contributed by atoms with Gasteiger partial charge in [-0.25, -0.2) is 0 Å². The number of hydrogen-bond donors (Lipinski definition) is 1. The highest BCUT2D eigenvalue weighted by atomic mass is 16.5. The first-order valence-electron chi connectivity index (χ1n) is 5.73. The minimum absolute atomic E-state index is 0.106. The molecule has 4 heteroatoms. The number of nitrogens with two attached hydrogens (primary N) is 1. The molecule has 1 saturated carbocycles. The summed E-state index contributed by atoms with van der Waals surface area (Å²) in [5.41, 5.74) is 5.96. The Bertz CT molecular complexity index is 317. The van der Waals surface area contributed by atoms with E-state index in [1.165, 1.54) is 12.8 Å². The Kier molecular flexibility index (Phi) is 3.05. The molecule has 0 radical (unpaired) electrons. The van der Waals surface area contributed by atoms with E-state index in [4.69, 9.17) is 10.3 Å². The molecule has 1 fully saturated rings. The van der Waals surface area contributed by atoms with Crippen LogP contribution in [0.4, 0.5) is 0 Å². The summed E-state index contributed by atoms with van der Waals surface area (Å²) in [6.45, 7) is 4.28. The van der Waals surface area contributed by atoms with Gasteiger partial charge in [-0.2, -0.15) is 4.98 Å². The molecule has 2 N–H and O–H groups in total. The molecule has 1 unspecified atom stereocenters. The van der Waals surface area contributed by atoms with Crippen LogP contribution in [0.1, 0.15) is 50.9 Å². The van der Waals surface area contributed by atoms with Gasteiger partial charge in [-0.05, 0) is 31.1 Å². The molecular weight excluding hydrogens is 190 g/mol. The molecule has 4 nitrogen and oxygen atoms in total. The van der Waals surface area contributed by atoms with Gasteiger partial charge in [0.15, 0.2) is 5.82 Å². The van der Waals surface area contributed by atoms with E-state index in [-0.39, 0.29) is 6.04 Å². The molecule has 0 saturated heterocycles. The zero-order valence-corrected chi connectivity index (χ0v) is 9.44. The molecule has 0 amide bonds. The van der Waals surface area contributed by atoms with E-state index in [9.17, 15) is 0 Å². The van der Waals surface area contributed by atoms with Gasteiger partial charge in [-0.3, -0.25) is 0 Å². The van der Waals surface area contributed by atoms with Crippen molar-refractivity contribution in [3.63, 3.8) is 0 Å². The van der Waals surface area contributed by atoms with Crippen LogP contribution in [0.15, 0.2) is 4.52 Å². The van der Waals surface area contributed by atoms with Crippen molar-refractivity contribution < 1.29 is 4.52 Å². The number of rotatable bonds is 5. The molecule has 2 rings (SSSR count). The fourth-order valence-corrected chi connectivity index (χ4v) is 1.69. The molecule has 1 aromatic heterocycles. The van der Waals surface area contributed by atoms with Crippen molar-refractivity contribution in [3.8, 4) is 0 Å². The number of aromatic nitrogens is 2. The summed E-state index contributed by atoms with van der Waals surface area (Å²) in [6, 6.07) is -0.106. The molecular formula is C11H19N3O. The van der Waals surface area contributed by atoms with Crippen molar-refractivity contribution in [2.75, 3.05) is 0 Å². The van der Waals surface area contributed by atoms with Crippen molar-refractivity contribution in [3.05, 3.63) is 11.7 Å². The van der Waals surface area contributed by atoms with E-state index in [0.29, 0.717) is 11.8 Å². The van der Waals surface area contributed by atoms with Crippen molar-refractivity contribution >= 4 is 0 Å². The molecule has 15 heavy (non-hydrogen) atoms. The fraction of sp³-hybridized carbons (Fsp3) is 0.818. The fourth-order valence-electron chi connectivity index (χ4n) is 1.69. The first kappa shape index (κ1) is 10.6. The average molecular weight is 209 g/mol. The van der Waals surface area contributed by atoms with Crippen molar-refractivity contribution in [2.45, 2.75) is 45.6 Å². The maximum atomic E-state index is 5.96. The lowest BCUT2D eigenvalue weighted by atomic mass is 10.0. The topological polar surface area (TPSA) is 64.9 Å². The van der Waals surface area contributed by atoms with Crippen LogP contribution in [-0.4, -0.2) is 10.1 Å². The van der Waals surface area contributed by atoms with Gasteiger partial charge in [-0.15, -0.1) is 0 Å². The second kappa shape index (κ2) is 4.31. The number of hydrogen-bond acceptors (Lipinski definition) is 4. The first-order chi connectivity index (χ1) is 7.15. The predicted molar refractivity (Wildman–Crippen MR) is 57.1 cm³/mol. The highest BCUT2D eigenvalue weighted by Gasteiger charge is 2.25. The monoisotopic (exact) mass is 209 g/mol. The van der Waals surface area contributed by atoms with Crippen LogP contribution < -0.4 is 5.73 Å². The zero-order valence-electron chi connectivity index (χ0n) is 9.44. The van der Waals surface area contributed by atoms with Gasteiger partial charge in [0, 0.05) is 6.42 Å². The third-order valence-corrected chi connectivity index (χ3v) is 2.69. The highest BCUT2D eigenvalue weighted by Crippen LogP contribution is 2.32. The Hall–Kier alpha value is -0.900. The van der Waals surface area contributed by atoms with Gasteiger partial charge in [0.25, 0.3) is 0 Å². The summed E-state index contributed by atoms with van der Waals surface area (Å²) < 4.78 is 5.17. The first-order valence-corrected chi connectivity index (χ1v) is 5.73. The normalized spacial score (nSPS) is 18.4. The minimum Gasteiger partial charge on any atom is -0.338 e. The van der Waals surface area contributed by atoms with Gasteiger partial charge in [0.2, 0.25) is 5.89 Å². The second-order valence-corrected chi connectivity index (χ2v) is 4.93. The summed E-state index contributed by atoms with van der Waals surface area (Å²) in [5, 5.41) is 3.96. The Morgan fingerprint density at radius 1 is 1.47 bits per heavy atom. The van der Waals surface area contributed by atoms with Crippen molar-refractivity contribution in [1.82, 2.24) is 10.1 Å². The molecule has 1 aliphatic carbocycles. The third-order valence-electron chi connectivity index (χ3n) is 2.69. The minimum atomic E-state index is -0.106. The van der Waals surface area contributed by atoms with E-state index < -0.39 is 0 Å². The van der Waals surface area contributed by atoms with Crippen molar-refractivity contribution in [1.29, 1.82) is 0 Å². The van der Waals surface area contributed by atoms with Gasteiger partial charge < -0.3 is 10.3 Å². The largest absolute Gasteiger partial charge is 0.338 e. The average Bonchev–Trinajstić information content (AvgIpc) is 2.80. The van der Waals surface area contributed by atoms with E-state index in [0.717, 1.165) is 24.6 Å². The molecule has 1 aliphatic rings.